The van der Waals surface area contributed by atoms with Crippen molar-refractivity contribution >= 4 is 17.3 Å². The van der Waals surface area contributed by atoms with Crippen LogP contribution in [-0.4, -0.2) is 24.8 Å². The zero-order valence-electron chi connectivity index (χ0n) is 8.91. The Kier molecular flexibility index (Phi) is 3.17. The number of hydrogen-bond donors (Lipinski definition) is 1. The quantitative estimate of drug-likeness (QED) is 0.836. The summed E-state index contributed by atoms with van der Waals surface area (Å²) < 4.78 is 0. The molecule has 1 fully saturated rings. The van der Waals surface area contributed by atoms with Gasteiger partial charge in [-0.05, 0) is 31.0 Å². The van der Waals surface area contributed by atoms with Gasteiger partial charge in [0.15, 0.2) is 0 Å². The van der Waals surface area contributed by atoms with E-state index in [-0.39, 0.29) is 6.61 Å². The SMILES string of the molecule is Cc1ccc(N2CCC(CO)C2)cc1Cl. The van der Waals surface area contributed by atoms with Crippen LogP contribution in [0.5, 0.6) is 0 Å². The summed E-state index contributed by atoms with van der Waals surface area (Å²) in [7, 11) is 0. The molecule has 0 radical (unpaired) electrons. The van der Waals surface area contributed by atoms with Gasteiger partial charge < -0.3 is 10.0 Å². The third kappa shape index (κ3) is 2.27. The van der Waals surface area contributed by atoms with Gasteiger partial charge in [-0.3, -0.25) is 0 Å². The molecule has 3 heteroatoms. The summed E-state index contributed by atoms with van der Waals surface area (Å²) in [5, 5.41) is 9.90. The first kappa shape index (κ1) is 10.8. The van der Waals surface area contributed by atoms with E-state index in [4.69, 9.17) is 16.7 Å². The second-order valence-corrected chi connectivity index (χ2v) is 4.62. The minimum absolute atomic E-state index is 0.288. The summed E-state index contributed by atoms with van der Waals surface area (Å²) in [5.41, 5.74) is 2.28. The van der Waals surface area contributed by atoms with Crippen molar-refractivity contribution in [2.45, 2.75) is 13.3 Å². The molecular formula is C12H16ClNO. The van der Waals surface area contributed by atoms with E-state index in [9.17, 15) is 0 Å². The van der Waals surface area contributed by atoms with E-state index in [0.717, 1.165) is 30.1 Å². The molecular weight excluding hydrogens is 210 g/mol. The van der Waals surface area contributed by atoms with Crippen LogP contribution < -0.4 is 4.90 Å². The highest BCUT2D eigenvalue weighted by Crippen LogP contribution is 2.27. The van der Waals surface area contributed by atoms with Gasteiger partial charge in [0.1, 0.15) is 0 Å². The van der Waals surface area contributed by atoms with Crippen molar-refractivity contribution in [3.63, 3.8) is 0 Å². The van der Waals surface area contributed by atoms with Gasteiger partial charge in [-0.15, -0.1) is 0 Å². The summed E-state index contributed by atoms with van der Waals surface area (Å²) in [5.74, 6) is 0.421. The van der Waals surface area contributed by atoms with Gasteiger partial charge in [0, 0.05) is 36.3 Å². The molecule has 0 amide bonds. The van der Waals surface area contributed by atoms with Crippen molar-refractivity contribution in [3.8, 4) is 0 Å². The summed E-state index contributed by atoms with van der Waals surface area (Å²) in [6.45, 7) is 4.25. The van der Waals surface area contributed by atoms with Gasteiger partial charge in [-0.25, -0.2) is 0 Å². The lowest BCUT2D eigenvalue weighted by molar-refractivity contribution is 0.238. The Morgan fingerprint density at radius 2 is 2.33 bits per heavy atom. The Bertz CT molecular complexity index is 353. The highest BCUT2D eigenvalue weighted by atomic mass is 35.5. The van der Waals surface area contributed by atoms with Crippen LogP contribution in [0.1, 0.15) is 12.0 Å². The van der Waals surface area contributed by atoms with Crippen molar-refractivity contribution in [3.05, 3.63) is 28.8 Å². The number of aliphatic hydroxyl groups excluding tert-OH is 1. The number of rotatable bonds is 2. The molecule has 1 atom stereocenters. The van der Waals surface area contributed by atoms with E-state index in [2.05, 4.69) is 11.0 Å². The van der Waals surface area contributed by atoms with Crippen LogP contribution in [0.25, 0.3) is 0 Å². The number of aliphatic hydroxyl groups is 1. The molecule has 1 unspecified atom stereocenters. The maximum Gasteiger partial charge on any atom is 0.0476 e. The molecule has 0 saturated carbocycles. The minimum atomic E-state index is 0.288. The number of benzene rings is 1. The van der Waals surface area contributed by atoms with Crippen LogP contribution >= 0.6 is 11.6 Å². The molecule has 1 heterocycles. The van der Waals surface area contributed by atoms with Gasteiger partial charge in [0.25, 0.3) is 0 Å². The fourth-order valence-electron chi connectivity index (χ4n) is 1.99. The van der Waals surface area contributed by atoms with Gasteiger partial charge in [-0.2, -0.15) is 0 Å². The molecule has 0 aliphatic carbocycles. The van der Waals surface area contributed by atoms with Gasteiger partial charge in [0.2, 0.25) is 0 Å². The highest BCUT2D eigenvalue weighted by Gasteiger charge is 2.21. The Morgan fingerprint density at radius 3 is 2.93 bits per heavy atom. The van der Waals surface area contributed by atoms with Gasteiger partial charge in [-0.1, -0.05) is 17.7 Å². The van der Waals surface area contributed by atoms with Crippen LogP contribution in [0.2, 0.25) is 5.02 Å². The fraction of sp³-hybridized carbons (Fsp3) is 0.500. The molecule has 0 aromatic heterocycles. The van der Waals surface area contributed by atoms with Crippen LogP contribution in [0.15, 0.2) is 18.2 Å². The van der Waals surface area contributed by atoms with E-state index in [1.54, 1.807) is 0 Å². The predicted octanol–water partition coefficient (Wildman–Crippen LogP) is 2.47. The van der Waals surface area contributed by atoms with Crippen molar-refractivity contribution in [2.75, 3.05) is 24.6 Å². The Balaban J connectivity index is 2.13. The number of aryl methyl sites for hydroxylation is 1. The predicted molar refractivity (Wildman–Crippen MR) is 63.6 cm³/mol. The maximum absolute atomic E-state index is 9.08. The van der Waals surface area contributed by atoms with Crippen molar-refractivity contribution in [1.82, 2.24) is 0 Å². The minimum Gasteiger partial charge on any atom is -0.396 e. The second-order valence-electron chi connectivity index (χ2n) is 4.22. The topological polar surface area (TPSA) is 23.5 Å². The summed E-state index contributed by atoms with van der Waals surface area (Å²) in [4.78, 5) is 2.28. The van der Waals surface area contributed by atoms with E-state index in [0.29, 0.717) is 5.92 Å². The summed E-state index contributed by atoms with van der Waals surface area (Å²) >= 11 is 6.09. The summed E-state index contributed by atoms with van der Waals surface area (Å²) in [6.07, 6.45) is 1.07. The Morgan fingerprint density at radius 1 is 1.53 bits per heavy atom. The molecule has 1 saturated heterocycles. The third-order valence-electron chi connectivity index (χ3n) is 3.06. The largest absolute Gasteiger partial charge is 0.396 e. The smallest absolute Gasteiger partial charge is 0.0476 e. The molecule has 1 aromatic carbocycles. The lowest BCUT2D eigenvalue weighted by Gasteiger charge is -2.19. The lowest BCUT2D eigenvalue weighted by Crippen LogP contribution is -2.20. The van der Waals surface area contributed by atoms with E-state index in [1.807, 2.05) is 19.1 Å². The molecule has 2 rings (SSSR count). The molecule has 15 heavy (non-hydrogen) atoms. The zero-order chi connectivity index (χ0) is 10.8. The Labute approximate surface area is 95.5 Å². The van der Waals surface area contributed by atoms with E-state index in [1.165, 1.54) is 5.69 Å². The number of hydrogen-bond acceptors (Lipinski definition) is 2. The lowest BCUT2D eigenvalue weighted by atomic mass is 10.1. The van der Waals surface area contributed by atoms with E-state index >= 15 is 0 Å². The third-order valence-corrected chi connectivity index (χ3v) is 3.47. The number of halogens is 1. The fourth-order valence-corrected chi connectivity index (χ4v) is 2.17. The molecule has 1 aliphatic heterocycles. The van der Waals surface area contributed by atoms with Crippen LogP contribution in [-0.2, 0) is 0 Å². The monoisotopic (exact) mass is 225 g/mol. The first-order valence-electron chi connectivity index (χ1n) is 5.32. The number of nitrogens with zero attached hydrogens (tertiary/aromatic N) is 1. The standard InChI is InChI=1S/C12H16ClNO/c1-9-2-3-11(6-12(9)13)14-5-4-10(7-14)8-15/h2-3,6,10,15H,4-5,7-8H2,1H3. The average molecular weight is 226 g/mol. The van der Waals surface area contributed by atoms with Crippen molar-refractivity contribution in [2.24, 2.45) is 5.92 Å². The molecule has 1 aliphatic rings. The first-order chi connectivity index (χ1) is 7.20. The van der Waals surface area contributed by atoms with Crippen LogP contribution in [0.3, 0.4) is 0 Å². The molecule has 2 nitrogen and oxygen atoms in total. The number of anilines is 1. The maximum atomic E-state index is 9.08. The van der Waals surface area contributed by atoms with E-state index < -0.39 is 0 Å². The summed E-state index contributed by atoms with van der Waals surface area (Å²) in [6, 6.07) is 6.15. The molecule has 0 spiro atoms. The van der Waals surface area contributed by atoms with Gasteiger partial charge in [0.05, 0.1) is 0 Å². The highest BCUT2D eigenvalue weighted by molar-refractivity contribution is 6.31. The Hall–Kier alpha value is -0.730. The van der Waals surface area contributed by atoms with Gasteiger partial charge >= 0.3 is 0 Å². The normalized spacial score (nSPS) is 21.0. The van der Waals surface area contributed by atoms with Crippen LogP contribution in [0.4, 0.5) is 5.69 Å². The molecule has 82 valence electrons. The molecule has 1 N–H and O–H groups in total. The average Bonchev–Trinajstić information content (AvgIpc) is 2.70. The molecule has 1 aromatic rings. The second kappa shape index (κ2) is 4.42. The van der Waals surface area contributed by atoms with Crippen molar-refractivity contribution < 1.29 is 5.11 Å². The first-order valence-corrected chi connectivity index (χ1v) is 5.70. The molecule has 0 bridgehead atoms. The van der Waals surface area contributed by atoms with Crippen molar-refractivity contribution in [1.29, 1.82) is 0 Å². The van der Waals surface area contributed by atoms with Crippen LogP contribution in [0, 0.1) is 12.8 Å². The zero-order valence-corrected chi connectivity index (χ0v) is 9.67.